The maximum Gasteiger partial charge on any atom is 0.264 e. The van der Waals surface area contributed by atoms with Crippen LogP contribution in [-0.2, 0) is 9.59 Å². The zero-order chi connectivity index (χ0) is 23.3. The highest BCUT2D eigenvalue weighted by molar-refractivity contribution is 6.02. The summed E-state index contributed by atoms with van der Waals surface area (Å²) in [6.45, 7) is 0.414. The number of nitrogens with one attached hydrogen (secondary N) is 1. The number of ether oxygens (including phenoxy) is 2. The van der Waals surface area contributed by atoms with Crippen LogP contribution < -0.4 is 19.7 Å². The van der Waals surface area contributed by atoms with Crippen molar-refractivity contribution < 1.29 is 23.9 Å². The second-order valence-electron chi connectivity index (χ2n) is 7.90. The lowest BCUT2D eigenvalue weighted by molar-refractivity contribution is -0.121. The molecule has 2 amide bonds. The van der Waals surface area contributed by atoms with Crippen LogP contribution in [0, 0.1) is 0 Å². The van der Waals surface area contributed by atoms with Crippen molar-refractivity contribution in [3.05, 3.63) is 53.6 Å². The minimum absolute atomic E-state index is 0.00530. The molecule has 0 fully saturated rings. The number of likely N-dealkylation sites (N-methyl/N-ethyl adjacent to an activating group) is 2. The Morgan fingerprint density at radius 2 is 1.88 bits per heavy atom. The van der Waals surface area contributed by atoms with Crippen LogP contribution in [0.5, 0.6) is 11.5 Å². The first kappa shape index (κ1) is 23.3. The molecule has 1 aliphatic heterocycles. The molecular weight excluding hydrogens is 410 g/mol. The van der Waals surface area contributed by atoms with E-state index in [4.69, 9.17) is 9.47 Å². The Morgan fingerprint density at radius 3 is 2.53 bits per heavy atom. The minimum atomic E-state index is -0.188. The highest BCUT2D eigenvalue weighted by Gasteiger charge is 2.23. The van der Waals surface area contributed by atoms with Gasteiger partial charge in [-0.1, -0.05) is 12.1 Å². The van der Waals surface area contributed by atoms with Gasteiger partial charge >= 0.3 is 0 Å². The van der Waals surface area contributed by atoms with Crippen LogP contribution in [0.15, 0.2) is 42.5 Å². The van der Waals surface area contributed by atoms with Crippen LogP contribution in [0.25, 0.3) is 0 Å². The Morgan fingerprint density at radius 1 is 1.16 bits per heavy atom. The molecule has 170 valence electrons. The predicted molar refractivity (Wildman–Crippen MR) is 121 cm³/mol. The number of amides is 2. The maximum atomic E-state index is 12.6. The van der Waals surface area contributed by atoms with Gasteiger partial charge in [0.05, 0.1) is 18.8 Å². The van der Waals surface area contributed by atoms with Gasteiger partial charge in [0.2, 0.25) is 5.91 Å². The van der Waals surface area contributed by atoms with E-state index in [-0.39, 0.29) is 43.1 Å². The fraction of sp³-hybridized carbons (Fsp3) is 0.375. The number of hydrogen-bond donors (Lipinski definition) is 1. The second-order valence-corrected chi connectivity index (χ2v) is 7.90. The van der Waals surface area contributed by atoms with Crippen LogP contribution in [0.2, 0.25) is 0 Å². The Hall–Kier alpha value is -3.39. The molecule has 1 N–H and O–H groups in total. The zero-order valence-corrected chi connectivity index (χ0v) is 18.9. The molecule has 8 nitrogen and oxygen atoms in total. The lowest BCUT2D eigenvalue weighted by Crippen LogP contribution is -2.35. The standard InChI is InChI=1S/C24H29N3O5/c1-26(2)20(16-5-8-18(31-4)9-6-16)14-25-23(29)12-10-21(28)17-7-11-22-19(13-17)27(3)24(30)15-32-22/h5-9,11,13,20H,10,12,14-15H2,1-4H3,(H,25,29). The first-order valence-electron chi connectivity index (χ1n) is 10.4. The third-order valence-electron chi connectivity index (χ3n) is 5.56. The van der Waals surface area contributed by atoms with Gasteiger partial charge in [-0.3, -0.25) is 14.4 Å². The minimum Gasteiger partial charge on any atom is -0.497 e. The number of carbonyl (C=O) groups is 3. The molecule has 0 aromatic heterocycles. The van der Waals surface area contributed by atoms with Crippen molar-refractivity contribution in [1.82, 2.24) is 10.2 Å². The molecule has 1 aliphatic rings. The molecule has 1 unspecified atom stereocenters. The fourth-order valence-corrected chi connectivity index (χ4v) is 3.54. The van der Waals surface area contributed by atoms with Gasteiger partial charge in [-0.2, -0.15) is 0 Å². The van der Waals surface area contributed by atoms with Crippen molar-refractivity contribution in [2.45, 2.75) is 18.9 Å². The maximum absolute atomic E-state index is 12.6. The van der Waals surface area contributed by atoms with Gasteiger partial charge in [-0.05, 0) is 50.0 Å². The van der Waals surface area contributed by atoms with Gasteiger partial charge in [0, 0.05) is 32.0 Å². The molecular formula is C24H29N3O5. The largest absolute Gasteiger partial charge is 0.497 e. The van der Waals surface area contributed by atoms with E-state index in [1.807, 2.05) is 43.3 Å². The van der Waals surface area contributed by atoms with Crippen molar-refractivity contribution in [3.8, 4) is 11.5 Å². The topological polar surface area (TPSA) is 88.2 Å². The van der Waals surface area contributed by atoms with E-state index in [0.29, 0.717) is 23.5 Å². The predicted octanol–water partition coefficient (Wildman–Crippen LogP) is 2.43. The van der Waals surface area contributed by atoms with Crippen LogP contribution in [0.3, 0.4) is 0 Å². The molecule has 0 saturated carbocycles. The number of anilines is 1. The van der Waals surface area contributed by atoms with Gasteiger partial charge in [0.15, 0.2) is 12.4 Å². The third-order valence-corrected chi connectivity index (χ3v) is 5.56. The highest BCUT2D eigenvalue weighted by Crippen LogP contribution is 2.32. The number of rotatable bonds is 9. The first-order chi connectivity index (χ1) is 15.3. The highest BCUT2D eigenvalue weighted by atomic mass is 16.5. The van der Waals surface area contributed by atoms with Crippen LogP contribution >= 0.6 is 0 Å². The summed E-state index contributed by atoms with van der Waals surface area (Å²) in [6.07, 6.45) is 0.169. The van der Waals surface area contributed by atoms with E-state index in [9.17, 15) is 14.4 Å². The van der Waals surface area contributed by atoms with Gasteiger partial charge in [-0.15, -0.1) is 0 Å². The number of benzene rings is 2. The quantitative estimate of drug-likeness (QED) is 0.604. The SMILES string of the molecule is COc1ccc(C(CNC(=O)CCC(=O)c2ccc3c(c2)N(C)C(=O)CO3)N(C)C)cc1. The fourth-order valence-electron chi connectivity index (χ4n) is 3.54. The Labute approximate surface area is 188 Å². The van der Waals surface area contributed by atoms with Crippen molar-refractivity contribution >= 4 is 23.3 Å². The lowest BCUT2D eigenvalue weighted by Gasteiger charge is -2.26. The molecule has 0 aliphatic carbocycles. The molecule has 0 radical (unpaired) electrons. The Balaban J connectivity index is 1.55. The lowest BCUT2D eigenvalue weighted by atomic mass is 10.0. The van der Waals surface area contributed by atoms with Crippen LogP contribution in [0.4, 0.5) is 5.69 Å². The van der Waals surface area contributed by atoms with Crippen molar-refractivity contribution in [2.24, 2.45) is 0 Å². The first-order valence-corrected chi connectivity index (χ1v) is 10.4. The summed E-state index contributed by atoms with van der Waals surface area (Å²) in [5.41, 5.74) is 2.07. The summed E-state index contributed by atoms with van der Waals surface area (Å²) >= 11 is 0. The molecule has 2 aromatic rings. The molecule has 0 spiro atoms. The molecule has 0 saturated heterocycles. The number of methoxy groups -OCH3 is 1. The monoisotopic (exact) mass is 439 g/mol. The number of fused-ring (bicyclic) bond motifs is 1. The van der Waals surface area contributed by atoms with Crippen molar-refractivity contribution in [2.75, 3.05) is 46.3 Å². The smallest absolute Gasteiger partial charge is 0.264 e. The normalized spacial score (nSPS) is 13.9. The summed E-state index contributed by atoms with van der Waals surface area (Å²) in [5, 5.41) is 2.92. The number of nitrogens with zero attached hydrogens (tertiary/aromatic N) is 2. The van der Waals surface area contributed by atoms with E-state index in [1.165, 1.54) is 4.90 Å². The van der Waals surface area contributed by atoms with E-state index in [2.05, 4.69) is 5.32 Å². The summed E-state index contributed by atoms with van der Waals surface area (Å²) < 4.78 is 10.6. The van der Waals surface area contributed by atoms with Crippen LogP contribution in [-0.4, -0.2) is 63.9 Å². The summed E-state index contributed by atoms with van der Waals surface area (Å²) in [4.78, 5) is 40.3. The summed E-state index contributed by atoms with van der Waals surface area (Å²) in [5.74, 6) is 0.822. The number of carbonyl (C=O) groups excluding carboxylic acids is 3. The molecule has 32 heavy (non-hydrogen) atoms. The molecule has 1 atom stereocenters. The summed E-state index contributed by atoms with van der Waals surface area (Å²) in [7, 11) is 7.17. The average Bonchev–Trinajstić information content (AvgIpc) is 2.80. The van der Waals surface area contributed by atoms with Gasteiger partial charge in [0.1, 0.15) is 11.5 Å². The zero-order valence-electron chi connectivity index (χ0n) is 18.9. The van der Waals surface area contributed by atoms with Gasteiger partial charge < -0.3 is 24.6 Å². The number of ketones is 1. The molecule has 2 aromatic carbocycles. The average molecular weight is 440 g/mol. The van der Waals surface area contributed by atoms with E-state index >= 15 is 0 Å². The van der Waals surface area contributed by atoms with E-state index in [1.54, 1.807) is 32.4 Å². The molecule has 3 rings (SSSR count). The van der Waals surface area contributed by atoms with Crippen molar-refractivity contribution in [3.63, 3.8) is 0 Å². The van der Waals surface area contributed by atoms with Crippen molar-refractivity contribution in [1.29, 1.82) is 0 Å². The third kappa shape index (κ3) is 5.45. The Kier molecular flexibility index (Phi) is 7.48. The molecule has 0 bridgehead atoms. The van der Waals surface area contributed by atoms with Gasteiger partial charge in [0.25, 0.3) is 5.91 Å². The Bertz CT molecular complexity index is 988. The molecule has 1 heterocycles. The van der Waals surface area contributed by atoms with Gasteiger partial charge in [-0.25, -0.2) is 0 Å². The van der Waals surface area contributed by atoms with Crippen LogP contribution in [0.1, 0.15) is 34.8 Å². The van der Waals surface area contributed by atoms with E-state index < -0.39 is 0 Å². The second kappa shape index (κ2) is 10.3. The molecule has 8 heteroatoms. The number of Topliss-reactive ketones (excluding diaryl/α,β-unsaturated/α-hetero) is 1. The number of hydrogen-bond acceptors (Lipinski definition) is 6. The van der Waals surface area contributed by atoms with E-state index in [0.717, 1.165) is 11.3 Å². The summed E-state index contributed by atoms with van der Waals surface area (Å²) in [6, 6.07) is 12.7.